The molecule has 2 rings (SSSR count). The van der Waals surface area contributed by atoms with Crippen molar-refractivity contribution in [2.45, 2.75) is 11.4 Å². The number of aliphatic carboxylic acids is 1. The third-order valence-electron chi connectivity index (χ3n) is 2.13. The Morgan fingerprint density at radius 3 is 3.13 bits per heavy atom. The van der Waals surface area contributed by atoms with E-state index in [0.29, 0.717) is 10.9 Å². The van der Waals surface area contributed by atoms with Crippen molar-refractivity contribution in [3.8, 4) is 0 Å². The highest BCUT2D eigenvalue weighted by molar-refractivity contribution is 7.99. The smallest absolute Gasteiger partial charge is 0.321 e. The summed E-state index contributed by atoms with van der Waals surface area (Å²) in [5, 5.41) is 12.2. The van der Waals surface area contributed by atoms with Gasteiger partial charge in [-0.3, -0.25) is 10.1 Å². The average Bonchev–Trinajstić information content (AvgIpc) is 2.66. The molecule has 2 heterocycles. The molecule has 0 radical (unpaired) electrons. The molecule has 2 atom stereocenters. The molecule has 15 heavy (non-hydrogen) atoms. The number of aromatic nitrogens is 1. The zero-order valence-corrected chi connectivity index (χ0v) is 9.26. The summed E-state index contributed by atoms with van der Waals surface area (Å²) in [6.07, 6.45) is 1.62. The third-order valence-corrected chi connectivity index (χ3v) is 3.61. The second-order valence-corrected chi connectivity index (χ2v) is 4.71. The van der Waals surface area contributed by atoms with Gasteiger partial charge in [0.05, 0.1) is 5.37 Å². The molecule has 0 bridgehead atoms. The Morgan fingerprint density at radius 2 is 2.53 bits per heavy atom. The number of carbonyl (C=O) groups is 1. The van der Waals surface area contributed by atoms with Crippen molar-refractivity contribution in [2.24, 2.45) is 0 Å². The quantitative estimate of drug-likeness (QED) is 0.773. The molecule has 1 saturated heterocycles. The first-order chi connectivity index (χ1) is 7.16. The van der Waals surface area contributed by atoms with Gasteiger partial charge in [0.15, 0.2) is 0 Å². The van der Waals surface area contributed by atoms with Gasteiger partial charge in [0.1, 0.15) is 11.2 Å². The summed E-state index contributed by atoms with van der Waals surface area (Å²) in [5.41, 5.74) is 0.962. The molecule has 2 N–H and O–H groups in total. The van der Waals surface area contributed by atoms with Crippen LogP contribution in [0.15, 0.2) is 18.3 Å². The van der Waals surface area contributed by atoms with Gasteiger partial charge in [-0.2, -0.15) is 0 Å². The van der Waals surface area contributed by atoms with Crippen molar-refractivity contribution < 1.29 is 9.90 Å². The van der Waals surface area contributed by atoms with Crippen LogP contribution in [0.1, 0.15) is 10.9 Å². The van der Waals surface area contributed by atoms with Gasteiger partial charge in [0, 0.05) is 11.9 Å². The van der Waals surface area contributed by atoms with Crippen LogP contribution in [0.2, 0.25) is 5.15 Å². The number of thioether (sulfide) groups is 1. The van der Waals surface area contributed by atoms with E-state index in [1.807, 2.05) is 6.07 Å². The molecule has 1 aromatic rings. The molecule has 0 saturated carbocycles. The topological polar surface area (TPSA) is 62.2 Å². The summed E-state index contributed by atoms with van der Waals surface area (Å²) in [6.45, 7) is 0. The molecule has 0 aliphatic carbocycles. The number of carboxylic acids is 1. The summed E-state index contributed by atoms with van der Waals surface area (Å²) in [5.74, 6) is -0.245. The minimum Gasteiger partial charge on any atom is -0.480 e. The first kappa shape index (κ1) is 10.7. The molecule has 0 amide bonds. The number of nitrogens with zero attached hydrogens (tertiary/aromatic N) is 1. The summed E-state index contributed by atoms with van der Waals surface area (Å²) in [6, 6.07) is 3.10. The van der Waals surface area contributed by atoms with Crippen LogP contribution >= 0.6 is 23.4 Å². The molecule has 1 fully saturated rings. The second-order valence-electron chi connectivity index (χ2n) is 3.18. The van der Waals surface area contributed by atoms with Crippen LogP contribution in [-0.2, 0) is 4.79 Å². The third kappa shape index (κ3) is 2.42. The highest BCUT2D eigenvalue weighted by Crippen LogP contribution is 2.33. The average molecular weight is 245 g/mol. The predicted molar refractivity (Wildman–Crippen MR) is 59.0 cm³/mol. The van der Waals surface area contributed by atoms with E-state index >= 15 is 0 Å². The zero-order chi connectivity index (χ0) is 10.8. The standard InChI is InChI=1S/C9H9ClN2O2S/c10-7-3-5(1-2-11-7)8-12-6(4-15-8)9(13)14/h1-3,6,8,12H,4H2,(H,13,14). The monoisotopic (exact) mass is 244 g/mol. The second kappa shape index (κ2) is 4.38. The van der Waals surface area contributed by atoms with E-state index in [-0.39, 0.29) is 5.37 Å². The van der Waals surface area contributed by atoms with E-state index in [0.717, 1.165) is 5.56 Å². The minimum absolute atomic E-state index is 0.00778. The van der Waals surface area contributed by atoms with Crippen LogP contribution in [-0.4, -0.2) is 27.9 Å². The SMILES string of the molecule is O=C(O)C1CSC(c2ccnc(Cl)c2)N1. The molecule has 0 spiro atoms. The van der Waals surface area contributed by atoms with E-state index in [1.54, 1.807) is 24.0 Å². The number of hydrogen-bond acceptors (Lipinski definition) is 4. The van der Waals surface area contributed by atoms with E-state index < -0.39 is 12.0 Å². The van der Waals surface area contributed by atoms with Crippen molar-refractivity contribution in [3.63, 3.8) is 0 Å². The number of pyridine rings is 1. The van der Waals surface area contributed by atoms with Gasteiger partial charge in [0.2, 0.25) is 0 Å². The number of rotatable bonds is 2. The van der Waals surface area contributed by atoms with Crippen LogP contribution in [0.3, 0.4) is 0 Å². The van der Waals surface area contributed by atoms with Crippen LogP contribution in [0.5, 0.6) is 0 Å². The number of carboxylic acid groups (broad SMARTS) is 1. The molecule has 0 aromatic carbocycles. The van der Waals surface area contributed by atoms with Gasteiger partial charge >= 0.3 is 5.97 Å². The van der Waals surface area contributed by atoms with Crippen molar-refractivity contribution in [1.29, 1.82) is 0 Å². The molecular weight excluding hydrogens is 236 g/mol. The maximum Gasteiger partial charge on any atom is 0.321 e. The maximum absolute atomic E-state index is 10.7. The molecule has 1 aliphatic heterocycles. The van der Waals surface area contributed by atoms with Crippen LogP contribution < -0.4 is 5.32 Å². The van der Waals surface area contributed by atoms with Crippen molar-refractivity contribution in [2.75, 3.05) is 5.75 Å². The summed E-state index contributed by atoms with van der Waals surface area (Å²) >= 11 is 7.32. The fourth-order valence-electron chi connectivity index (χ4n) is 1.39. The van der Waals surface area contributed by atoms with Gasteiger partial charge in [-0.15, -0.1) is 11.8 Å². The molecule has 2 unspecified atom stereocenters. The lowest BCUT2D eigenvalue weighted by Crippen LogP contribution is -2.33. The van der Waals surface area contributed by atoms with Gasteiger partial charge in [-0.25, -0.2) is 4.98 Å². The maximum atomic E-state index is 10.7. The van der Waals surface area contributed by atoms with Crippen molar-refractivity contribution in [1.82, 2.24) is 10.3 Å². The predicted octanol–water partition coefficient (Wildman–Crippen LogP) is 1.52. The molecule has 4 nitrogen and oxygen atoms in total. The van der Waals surface area contributed by atoms with Gasteiger partial charge in [0.25, 0.3) is 0 Å². The fourth-order valence-corrected chi connectivity index (χ4v) is 2.79. The zero-order valence-electron chi connectivity index (χ0n) is 7.68. The lowest BCUT2D eigenvalue weighted by molar-refractivity contribution is -0.138. The number of nitrogens with one attached hydrogen (secondary N) is 1. The Labute approximate surface area is 96.0 Å². The van der Waals surface area contributed by atoms with Crippen LogP contribution in [0, 0.1) is 0 Å². The lowest BCUT2D eigenvalue weighted by Gasteiger charge is -2.10. The van der Waals surface area contributed by atoms with E-state index in [1.165, 1.54) is 0 Å². The Bertz CT molecular complexity index is 388. The minimum atomic E-state index is -0.815. The van der Waals surface area contributed by atoms with Crippen LogP contribution in [0.25, 0.3) is 0 Å². The molecule has 1 aliphatic rings. The van der Waals surface area contributed by atoms with Crippen LogP contribution in [0.4, 0.5) is 0 Å². The van der Waals surface area contributed by atoms with E-state index in [9.17, 15) is 4.79 Å². The highest BCUT2D eigenvalue weighted by atomic mass is 35.5. The Morgan fingerprint density at radius 1 is 1.73 bits per heavy atom. The van der Waals surface area contributed by atoms with E-state index in [4.69, 9.17) is 16.7 Å². The Kier molecular flexibility index (Phi) is 3.14. The molecule has 80 valence electrons. The Hall–Kier alpha value is -0.780. The largest absolute Gasteiger partial charge is 0.480 e. The molecule has 6 heteroatoms. The van der Waals surface area contributed by atoms with Crippen molar-refractivity contribution >= 4 is 29.3 Å². The highest BCUT2D eigenvalue weighted by Gasteiger charge is 2.30. The number of hydrogen-bond donors (Lipinski definition) is 2. The fraction of sp³-hybridized carbons (Fsp3) is 0.333. The summed E-state index contributed by atoms with van der Waals surface area (Å²) in [4.78, 5) is 14.6. The summed E-state index contributed by atoms with van der Waals surface area (Å²) < 4.78 is 0. The number of halogens is 1. The normalized spacial score (nSPS) is 25.4. The van der Waals surface area contributed by atoms with Gasteiger partial charge in [-0.05, 0) is 17.7 Å². The molecular formula is C9H9ClN2O2S. The van der Waals surface area contributed by atoms with Gasteiger partial charge in [-0.1, -0.05) is 11.6 Å². The van der Waals surface area contributed by atoms with Crippen molar-refractivity contribution in [3.05, 3.63) is 29.0 Å². The first-order valence-electron chi connectivity index (χ1n) is 4.39. The van der Waals surface area contributed by atoms with E-state index in [2.05, 4.69) is 10.3 Å². The first-order valence-corrected chi connectivity index (χ1v) is 5.81. The Balaban J connectivity index is 2.11. The molecule has 1 aromatic heterocycles. The van der Waals surface area contributed by atoms with Gasteiger partial charge < -0.3 is 5.11 Å². The summed E-state index contributed by atoms with van der Waals surface area (Å²) in [7, 11) is 0. The lowest BCUT2D eigenvalue weighted by atomic mass is 10.2.